The number of hydrogen-bond acceptors (Lipinski definition) is 9. The van der Waals surface area contributed by atoms with Crippen LogP contribution in [0.15, 0.2) is 66.8 Å². The number of nitrogens with zero attached hydrogens (tertiary/aromatic N) is 4. The molecule has 1 aromatic heterocycles. The molecule has 230 valence electrons. The number of likely N-dealkylation sites (tertiary alicyclic amines) is 1. The van der Waals surface area contributed by atoms with Crippen LogP contribution >= 0.6 is 0 Å². The Labute approximate surface area is 256 Å². The number of methoxy groups -OCH3 is 2. The first kappa shape index (κ1) is 30.6. The van der Waals surface area contributed by atoms with Gasteiger partial charge in [0.15, 0.2) is 5.83 Å². The van der Waals surface area contributed by atoms with E-state index in [1.54, 1.807) is 19.2 Å². The predicted octanol–water partition coefficient (Wildman–Crippen LogP) is 6.44. The fraction of sp³-hybridized carbons (Fsp3) is 0.303. The normalized spacial score (nSPS) is 15.2. The second-order valence-electron chi connectivity index (χ2n) is 10.9. The molecule has 1 aliphatic rings. The molecule has 0 saturated carbocycles. The molecule has 0 spiro atoms. The number of ether oxygens (including phenoxy) is 3. The lowest BCUT2D eigenvalue weighted by atomic mass is 10.1. The Balaban J connectivity index is 1.42. The molecule has 1 aliphatic heterocycles. The highest BCUT2D eigenvalue weighted by molar-refractivity contribution is 6.05. The molecule has 1 fully saturated rings. The van der Waals surface area contributed by atoms with Crippen LogP contribution in [0.3, 0.4) is 0 Å². The molecule has 0 aliphatic carbocycles. The topological polar surface area (TPSA) is 101 Å². The number of fused-ring (bicyclic) bond motifs is 1. The van der Waals surface area contributed by atoms with Gasteiger partial charge in [-0.1, -0.05) is 0 Å². The Bertz CT molecular complexity index is 1690. The van der Waals surface area contributed by atoms with Gasteiger partial charge in [0, 0.05) is 43.3 Å². The summed E-state index contributed by atoms with van der Waals surface area (Å²) in [6.45, 7) is 2.81. The molecule has 2 N–H and O–H groups in total. The van der Waals surface area contributed by atoms with Crippen molar-refractivity contribution in [3.8, 4) is 23.0 Å². The highest BCUT2D eigenvalue weighted by Crippen LogP contribution is 2.39. The molecule has 0 unspecified atom stereocenters. The maximum absolute atomic E-state index is 14.9. The van der Waals surface area contributed by atoms with Crippen molar-refractivity contribution < 1.29 is 23.4 Å². The molecule has 44 heavy (non-hydrogen) atoms. The van der Waals surface area contributed by atoms with Crippen molar-refractivity contribution >= 4 is 39.7 Å². The molecule has 1 amide bonds. The minimum atomic E-state index is -0.849. The second kappa shape index (κ2) is 13.2. The first-order valence-electron chi connectivity index (χ1n) is 14.3. The van der Waals surface area contributed by atoms with Crippen molar-refractivity contribution in [3.05, 3.63) is 72.3 Å². The Morgan fingerprint density at radius 1 is 1.02 bits per heavy atom. The first-order valence-corrected chi connectivity index (χ1v) is 14.3. The van der Waals surface area contributed by atoms with Gasteiger partial charge in [-0.25, -0.2) is 14.4 Å². The summed E-state index contributed by atoms with van der Waals surface area (Å²) >= 11 is 0. The van der Waals surface area contributed by atoms with Crippen LogP contribution in [0, 0.1) is 6.92 Å². The number of hydrogen-bond donors (Lipinski definition) is 2. The van der Waals surface area contributed by atoms with E-state index in [0.29, 0.717) is 51.1 Å². The van der Waals surface area contributed by atoms with E-state index in [-0.39, 0.29) is 6.04 Å². The van der Waals surface area contributed by atoms with Crippen LogP contribution in [-0.4, -0.2) is 68.7 Å². The summed E-state index contributed by atoms with van der Waals surface area (Å²) in [5.41, 5.74) is 3.45. The van der Waals surface area contributed by atoms with Crippen molar-refractivity contribution in [1.82, 2.24) is 14.9 Å². The number of nitrogens with one attached hydrogen (secondary N) is 2. The van der Waals surface area contributed by atoms with Crippen molar-refractivity contribution in [1.29, 1.82) is 0 Å². The van der Waals surface area contributed by atoms with Crippen LogP contribution in [0.25, 0.3) is 10.9 Å². The molecular weight excluding hydrogens is 563 g/mol. The summed E-state index contributed by atoms with van der Waals surface area (Å²) in [5, 5.41) is 6.57. The zero-order valence-electron chi connectivity index (χ0n) is 25.8. The number of rotatable bonds is 10. The number of anilines is 4. The van der Waals surface area contributed by atoms with Gasteiger partial charge in [0.1, 0.15) is 35.1 Å². The number of amides is 1. The van der Waals surface area contributed by atoms with E-state index in [2.05, 4.69) is 20.6 Å². The lowest BCUT2D eigenvalue weighted by Gasteiger charge is -2.18. The number of carbonyl (C=O) groups is 1. The standard InChI is InChI=1S/C33H37FN6O4/c1-20-14-27(31(43-6)18-29(20)44-23-11-9-21(10-12-23)39(2)3)37-32-24-16-28(30(42-5)17-26(24)35-19-36-32)38-33(41)25(34)15-22-8-7-13-40(22)4/h9-12,14-19,22H,7-8,13H2,1-6H3,(H,38,41)(H,35,36,37)/b25-15+/t22-/m1/s1. The SMILES string of the molecule is COc1cc2ncnc(Nc3cc(C)c(Oc4ccc(N(C)C)cc4)cc3OC)c2cc1NC(=O)/C(F)=C\[C@H]1CCCN1C. The lowest BCUT2D eigenvalue weighted by Crippen LogP contribution is -2.24. The van der Waals surface area contributed by atoms with Gasteiger partial charge in [0.25, 0.3) is 5.91 Å². The molecule has 11 heteroatoms. The van der Waals surface area contributed by atoms with Gasteiger partial charge in [0.05, 0.1) is 31.1 Å². The van der Waals surface area contributed by atoms with E-state index in [9.17, 15) is 9.18 Å². The quantitative estimate of drug-likeness (QED) is 0.199. The van der Waals surface area contributed by atoms with Crippen LogP contribution in [0.1, 0.15) is 18.4 Å². The lowest BCUT2D eigenvalue weighted by molar-refractivity contribution is -0.114. The molecule has 2 heterocycles. The third kappa shape index (κ3) is 6.68. The summed E-state index contributed by atoms with van der Waals surface area (Å²) < 4.78 is 32.2. The van der Waals surface area contributed by atoms with Crippen molar-refractivity contribution in [2.75, 3.05) is 57.4 Å². The fourth-order valence-electron chi connectivity index (χ4n) is 5.14. The molecule has 3 aromatic carbocycles. The predicted molar refractivity (Wildman–Crippen MR) is 171 cm³/mol. The van der Waals surface area contributed by atoms with Gasteiger partial charge in [-0.15, -0.1) is 0 Å². The van der Waals surface area contributed by atoms with Crippen molar-refractivity contribution in [2.24, 2.45) is 0 Å². The Hall–Kier alpha value is -4.90. The number of halogens is 1. The monoisotopic (exact) mass is 600 g/mol. The minimum absolute atomic E-state index is 0.109. The third-order valence-electron chi connectivity index (χ3n) is 7.67. The zero-order chi connectivity index (χ0) is 31.4. The molecule has 4 aromatic rings. The van der Waals surface area contributed by atoms with E-state index in [4.69, 9.17) is 14.2 Å². The van der Waals surface area contributed by atoms with Crippen LogP contribution in [0.2, 0.25) is 0 Å². The maximum Gasteiger partial charge on any atom is 0.284 e. The molecule has 0 bridgehead atoms. The highest BCUT2D eigenvalue weighted by atomic mass is 19.1. The first-order chi connectivity index (χ1) is 21.2. The molecule has 5 rings (SSSR count). The van der Waals surface area contributed by atoms with Gasteiger partial charge in [-0.2, -0.15) is 0 Å². The largest absolute Gasteiger partial charge is 0.494 e. The number of likely N-dealkylation sites (N-methyl/N-ethyl adjacent to an activating group) is 1. The second-order valence-corrected chi connectivity index (χ2v) is 10.9. The van der Waals surface area contributed by atoms with E-state index in [0.717, 1.165) is 30.6 Å². The van der Waals surface area contributed by atoms with Crippen LogP contribution in [0.4, 0.5) is 27.3 Å². The van der Waals surface area contributed by atoms with Gasteiger partial charge in [-0.05, 0) is 81.4 Å². The fourth-order valence-corrected chi connectivity index (χ4v) is 5.14. The van der Waals surface area contributed by atoms with Gasteiger partial charge in [0.2, 0.25) is 0 Å². The number of aryl methyl sites for hydroxylation is 1. The minimum Gasteiger partial charge on any atom is -0.494 e. The van der Waals surface area contributed by atoms with Crippen LogP contribution in [0.5, 0.6) is 23.0 Å². The third-order valence-corrected chi connectivity index (χ3v) is 7.67. The Kier molecular flexibility index (Phi) is 9.15. The van der Waals surface area contributed by atoms with Gasteiger partial charge < -0.3 is 29.7 Å². The van der Waals surface area contributed by atoms with Crippen LogP contribution in [-0.2, 0) is 4.79 Å². The van der Waals surface area contributed by atoms with Crippen molar-refractivity contribution in [3.63, 3.8) is 0 Å². The molecule has 1 atom stereocenters. The summed E-state index contributed by atoms with van der Waals surface area (Å²) in [4.78, 5) is 25.7. The average molecular weight is 601 g/mol. The smallest absolute Gasteiger partial charge is 0.284 e. The summed E-state index contributed by atoms with van der Waals surface area (Å²) in [6, 6.07) is 14.8. The van der Waals surface area contributed by atoms with Gasteiger partial charge >= 0.3 is 0 Å². The van der Waals surface area contributed by atoms with Crippen LogP contribution < -0.4 is 29.7 Å². The molecule has 10 nitrogen and oxygen atoms in total. The van der Waals surface area contributed by atoms with E-state index >= 15 is 0 Å². The summed E-state index contributed by atoms with van der Waals surface area (Å²) in [7, 11) is 8.94. The van der Waals surface area contributed by atoms with E-state index in [1.807, 2.05) is 74.3 Å². The van der Waals surface area contributed by atoms with E-state index in [1.165, 1.54) is 19.5 Å². The Morgan fingerprint density at radius 2 is 1.75 bits per heavy atom. The zero-order valence-corrected chi connectivity index (χ0v) is 25.8. The summed E-state index contributed by atoms with van der Waals surface area (Å²) in [6.07, 6.45) is 4.57. The summed E-state index contributed by atoms with van der Waals surface area (Å²) in [5.74, 6) is 0.994. The number of carbonyl (C=O) groups excluding carboxylic acids is 1. The Morgan fingerprint density at radius 3 is 2.41 bits per heavy atom. The number of benzene rings is 3. The van der Waals surface area contributed by atoms with Gasteiger partial charge in [-0.3, -0.25) is 9.69 Å². The average Bonchev–Trinajstić information content (AvgIpc) is 3.42. The molecular formula is C33H37FN6O4. The number of aromatic nitrogens is 2. The molecule has 0 radical (unpaired) electrons. The highest BCUT2D eigenvalue weighted by Gasteiger charge is 2.22. The van der Waals surface area contributed by atoms with Crippen molar-refractivity contribution in [2.45, 2.75) is 25.8 Å². The van der Waals surface area contributed by atoms with E-state index < -0.39 is 11.7 Å². The maximum atomic E-state index is 14.9. The molecule has 1 saturated heterocycles.